The maximum absolute atomic E-state index is 13.3. The van der Waals surface area contributed by atoms with E-state index in [2.05, 4.69) is 13.8 Å². The van der Waals surface area contributed by atoms with E-state index in [-0.39, 0.29) is 32.9 Å². The highest BCUT2D eigenvalue weighted by Crippen LogP contribution is 2.37. The molecule has 0 spiro atoms. The molecule has 158 valence electrons. The fourth-order valence-corrected chi connectivity index (χ4v) is 6.30. The SMILES string of the molecule is CCN1C(=O)c2ccccc2S(=O)(=O)c2ccc(C(=O)N3C[C@H](C)C[C@@H](C)C3)cc21. The van der Waals surface area contributed by atoms with Crippen LogP contribution in [0.3, 0.4) is 0 Å². The summed E-state index contributed by atoms with van der Waals surface area (Å²) >= 11 is 0. The summed E-state index contributed by atoms with van der Waals surface area (Å²) in [5.74, 6) is 0.336. The first-order chi connectivity index (χ1) is 14.2. The number of hydrogen-bond acceptors (Lipinski definition) is 4. The van der Waals surface area contributed by atoms with Crippen LogP contribution in [0, 0.1) is 11.8 Å². The molecule has 30 heavy (non-hydrogen) atoms. The first-order valence-electron chi connectivity index (χ1n) is 10.3. The van der Waals surface area contributed by atoms with Gasteiger partial charge in [-0.25, -0.2) is 8.42 Å². The van der Waals surface area contributed by atoms with Gasteiger partial charge in [-0.1, -0.05) is 26.0 Å². The fourth-order valence-electron chi connectivity index (χ4n) is 4.66. The van der Waals surface area contributed by atoms with E-state index in [0.29, 0.717) is 37.0 Å². The summed E-state index contributed by atoms with van der Waals surface area (Å²) < 4.78 is 26.6. The van der Waals surface area contributed by atoms with Gasteiger partial charge in [-0.3, -0.25) is 9.59 Å². The number of likely N-dealkylation sites (tertiary alicyclic amines) is 1. The van der Waals surface area contributed by atoms with Gasteiger partial charge >= 0.3 is 0 Å². The van der Waals surface area contributed by atoms with Gasteiger partial charge in [0.05, 0.1) is 21.0 Å². The van der Waals surface area contributed by atoms with Crippen molar-refractivity contribution in [1.82, 2.24) is 4.90 Å². The summed E-state index contributed by atoms with van der Waals surface area (Å²) in [6, 6.07) is 10.9. The van der Waals surface area contributed by atoms with Crippen LogP contribution in [-0.2, 0) is 9.84 Å². The van der Waals surface area contributed by atoms with Crippen molar-refractivity contribution in [3.63, 3.8) is 0 Å². The quantitative estimate of drug-likeness (QED) is 0.735. The average molecular weight is 427 g/mol. The van der Waals surface area contributed by atoms with Gasteiger partial charge in [0.15, 0.2) is 0 Å². The van der Waals surface area contributed by atoms with Crippen LogP contribution in [0.2, 0.25) is 0 Å². The molecule has 2 heterocycles. The lowest BCUT2D eigenvalue weighted by molar-refractivity contribution is 0.0623. The van der Waals surface area contributed by atoms with Crippen molar-refractivity contribution >= 4 is 27.3 Å². The zero-order valence-corrected chi connectivity index (χ0v) is 18.3. The van der Waals surface area contributed by atoms with E-state index in [0.717, 1.165) is 6.42 Å². The summed E-state index contributed by atoms with van der Waals surface area (Å²) in [5, 5.41) is 0. The van der Waals surface area contributed by atoms with Crippen molar-refractivity contribution in [2.75, 3.05) is 24.5 Å². The maximum Gasteiger partial charge on any atom is 0.259 e. The van der Waals surface area contributed by atoms with E-state index in [4.69, 9.17) is 0 Å². The van der Waals surface area contributed by atoms with Crippen molar-refractivity contribution in [2.24, 2.45) is 11.8 Å². The predicted octanol–water partition coefficient (Wildman–Crippen LogP) is 3.62. The lowest BCUT2D eigenvalue weighted by Gasteiger charge is -2.35. The largest absolute Gasteiger partial charge is 0.338 e. The molecule has 0 saturated carbocycles. The fraction of sp³-hybridized carbons (Fsp3) is 0.391. The molecule has 1 saturated heterocycles. The third-order valence-electron chi connectivity index (χ3n) is 5.91. The Balaban J connectivity index is 1.83. The van der Waals surface area contributed by atoms with Gasteiger partial charge in [-0.05, 0) is 55.5 Å². The van der Waals surface area contributed by atoms with Crippen molar-refractivity contribution in [3.8, 4) is 0 Å². The van der Waals surface area contributed by atoms with E-state index in [1.807, 2.05) is 4.90 Å². The van der Waals surface area contributed by atoms with E-state index < -0.39 is 9.84 Å². The van der Waals surface area contributed by atoms with Gasteiger partial charge in [0.2, 0.25) is 9.84 Å². The number of carbonyl (C=O) groups is 2. The molecule has 2 aliphatic heterocycles. The predicted molar refractivity (Wildman–Crippen MR) is 115 cm³/mol. The van der Waals surface area contributed by atoms with Gasteiger partial charge < -0.3 is 9.80 Å². The summed E-state index contributed by atoms with van der Waals surface area (Å²) in [6.45, 7) is 7.72. The number of nitrogens with zero attached hydrogens (tertiary/aromatic N) is 2. The van der Waals surface area contributed by atoms with Crippen LogP contribution in [0.1, 0.15) is 47.9 Å². The van der Waals surface area contributed by atoms with Crippen LogP contribution in [0.25, 0.3) is 0 Å². The molecule has 2 aromatic carbocycles. The Morgan fingerprint density at radius 1 is 1.03 bits per heavy atom. The minimum Gasteiger partial charge on any atom is -0.338 e. The zero-order chi connectivity index (χ0) is 21.6. The molecule has 0 radical (unpaired) electrons. The number of hydrogen-bond donors (Lipinski definition) is 0. The maximum atomic E-state index is 13.3. The monoisotopic (exact) mass is 426 g/mol. The first-order valence-corrected chi connectivity index (χ1v) is 11.8. The zero-order valence-electron chi connectivity index (χ0n) is 17.5. The molecule has 7 heteroatoms. The minimum absolute atomic E-state index is 0.00459. The Kier molecular flexibility index (Phi) is 5.18. The molecular weight excluding hydrogens is 400 g/mol. The number of sulfone groups is 1. The molecule has 1 fully saturated rings. The highest BCUT2D eigenvalue weighted by Gasteiger charge is 2.36. The number of fused-ring (bicyclic) bond motifs is 2. The summed E-state index contributed by atoms with van der Waals surface area (Å²) in [4.78, 5) is 29.7. The van der Waals surface area contributed by atoms with Crippen LogP contribution in [0.4, 0.5) is 5.69 Å². The number of carbonyl (C=O) groups excluding carboxylic acids is 2. The summed E-state index contributed by atoms with van der Waals surface area (Å²) in [5.41, 5.74) is 0.826. The van der Waals surface area contributed by atoms with Crippen LogP contribution < -0.4 is 4.90 Å². The molecule has 0 aliphatic carbocycles. The first kappa shape index (κ1) is 20.6. The molecule has 0 bridgehead atoms. The van der Waals surface area contributed by atoms with Gasteiger partial charge in [0.25, 0.3) is 11.8 Å². The third kappa shape index (κ3) is 3.31. The number of amides is 2. The average Bonchev–Trinajstić information content (AvgIpc) is 2.78. The van der Waals surface area contributed by atoms with E-state index in [9.17, 15) is 18.0 Å². The van der Waals surface area contributed by atoms with Crippen molar-refractivity contribution < 1.29 is 18.0 Å². The van der Waals surface area contributed by atoms with Crippen molar-refractivity contribution in [3.05, 3.63) is 53.6 Å². The van der Waals surface area contributed by atoms with Gasteiger partial charge in [-0.2, -0.15) is 0 Å². The summed E-state index contributed by atoms with van der Waals surface area (Å²) in [7, 11) is -3.89. The number of piperidine rings is 1. The molecule has 2 atom stereocenters. The van der Waals surface area contributed by atoms with Gasteiger partial charge in [0.1, 0.15) is 0 Å². The highest BCUT2D eigenvalue weighted by atomic mass is 32.2. The third-order valence-corrected chi connectivity index (χ3v) is 7.77. The molecular formula is C23H26N2O4S. The van der Waals surface area contributed by atoms with Crippen LogP contribution in [0.15, 0.2) is 52.3 Å². The second kappa shape index (κ2) is 7.54. The Bertz CT molecular complexity index is 1120. The lowest BCUT2D eigenvalue weighted by Crippen LogP contribution is -2.42. The summed E-state index contributed by atoms with van der Waals surface area (Å²) in [6.07, 6.45) is 1.09. The van der Waals surface area contributed by atoms with Gasteiger partial charge in [0, 0.05) is 25.2 Å². The topological polar surface area (TPSA) is 74.8 Å². The van der Waals surface area contributed by atoms with E-state index in [1.54, 1.807) is 31.2 Å². The molecule has 2 amide bonds. The van der Waals surface area contributed by atoms with Gasteiger partial charge in [-0.15, -0.1) is 0 Å². The van der Waals surface area contributed by atoms with Crippen LogP contribution in [0.5, 0.6) is 0 Å². The smallest absolute Gasteiger partial charge is 0.259 e. The minimum atomic E-state index is -3.89. The highest BCUT2D eigenvalue weighted by molar-refractivity contribution is 7.91. The number of anilines is 1. The number of benzene rings is 2. The molecule has 2 aromatic rings. The number of rotatable bonds is 2. The van der Waals surface area contributed by atoms with Crippen LogP contribution in [-0.4, -0.2) is 44.8 Å². The Labute approximate surface area is 177 Å². The second-order valence-electron chi connectivity index (χ2n) is 8.39. The second-order valence-corrected chi connectivity index (χ2v) is 10.3. The van der Waals surface area contributed by atoms with Crippen LogP contribution >= 0.6 is 0 Å². The van der Waals surface area contributed by atoms with Crippen molar-refractivity contribution in [1.29, 1.82) is 0 Å². The standard InChI is InChI=1S/C23H26N2O4S/c1-4-25-19-12-17(22(26)24-13-15(2)11-16(3)14-24)9-10-21(19)30(28,29)20-8-6-5-7-18(20)23(25)27/h5-10,12,15-16H,4,11,13-14H2,1-3H3/t15-,16-/m1/s1. The van der Waals surface area contributed by atoms with Crippen molar-refractivity contribution in [2.45, 2.75) is 37.0 Å². The Hall–Kier alpha value is -2.67. The molecule has 0 unspecified atom stereocenters. The Morgan fingerprint density at radius 3 is 2.37 bits per heavy atom. The molecule has 0 aromatic heterocycles. The molecule has 0 N–H and O–H groups in total. The normalized spacial score (nSPS) is 22.8. The Morgan fingerprint density at radius 2 is 1.70 bits per heavy atom. The van der Waals surface area contributed by atoms with E-state index >= 15 is 0 Å². The molecule has 6 nitrogen and oxygen atoms in total. The lowest BCUT2D eigenvalue weighted by atomic mass is 9.91. The van der Waals surface area contributed by atoms with E-state index in [1.165, 1.54) is 23.1 Å². The molecule has 4 rings (SSSR count). The molecule has 2 aliphatic rings.